The third-order valence-corrected chi connectivity index (χ3v) is 6.77. The van der Waals surface area contributed by atoms with E-state index in [-0.39, 0.29) is 18.0 Å². The molecule has 3 aromatic heterocycles. The van der Waals surface area contributed by atoms with Crippen LogP contribution in [0.4, 0.5) is 0 Å². The molecule has 0 spiro atoms. The Morgan fingerprint density at radius 2 is 2.30 bits per heavy atom. The number of aryl methyl sites for hydroxylation is 1. The van der Waals surface area contributed by atoms with Crippen LogP contribution in [0.15, 0.2) is 46.7 Å². The predicted molar refractivity (Wildman–Crippen MR) is 119 cm³/mol. The molecule has 1 atom stereocenters. The Balaban J connectivity index is 1.33. The maximum atomic E-state index is 13.0. The van der Waals surface area contributed by atoms with E-state index in [1.54, 1.807) is 17.6 Å². The van der Waals surface area contributed by atoms with Crippen LogP contribution < -0.4 is 11.0 Å². The lowest BCUT2D eigenvalue weighted by Gasteiger charge is -2.17. The maximum Gasteiger partial charge on any atom is 0.262 e. The van der Waals surface area contributed by atoms with Crippen LogP contribution >= 0.6 is 11.3 Å². The summed E-state index contributed by atoms with van der Waals surface area (Å²) in [5.74, 6) is 0.264. The molecule has 0 radical (unpaired) electrons. The molecular weight excluding hydrogens is 398 g/mol. The van der Waals surface area contributed by atoms with E-state index in [1.165, 1.54) is 15.8 Å². The zero-order valence-corrected chi connectivity index (χ0v) is 17.3. The average Bonchev–Trinajstić information content (AvgIpc) is 3.31. The van der Waals surface area contributed by atoms with Crippen molar-refractivity contribution in [2.45, 2.75) is 32.7 Å². The van der Waals surface area contributed by atoms with Crippen LogP contribution in [-0.4, -0.2) is 26.7 Å². The monoisotopic (exact) mass is 419 g/mol. The van der Waals surface area contributed by atoms with Gasteiger partial charge < -0.3 is 4.98 Å². The first-order chi connectivity index (χ1) is 14.6. The highest BCUT2D eigenvalue weighted by Gasteiger charge is 2.23. The summed E-state index contributed by atoms with van der Waals surface area (Å²) in [7, 11) is 0. The van der Waals surface area contributed by atoms with Crippen molar-refractivity contribution >= 4 is 44.6 Å². The highest BCUT2D eigenvalue weighted by molar-refractivity contribution is 7.18. The van der Waals surface area contributed by atoms with Gasteiger partial charge in [0, 0.05) is 27.5 Å². The Bertz CT molecular complexity index is 1350. The van der Waals surface area contributed by atoms with Gasteiger partial charge in [-0.05, 0) is 36.8 Å². The molecule has 3 heterocycles. The number of rotatable bonds is 4. The number of nitrogens with zero attached hydrogens (tertiary/aromatic N) is 3. The second-order valence-corrected chi connectivity index (χ2v) is 8.88. The molecule has 1 amide bonds. The van der Waals surface area contributed by atoms with Crippen LogP contribution in [0.25, 0.3) is 21.1 Å². The van der Waals surface area contributed by atoms with Crippen LogP contribution in [-0.2, 0) is 24.2 Å². The Morgan fingerprint density at radius 3 is 3.20 bits per heavy atom. The minimum Gasteiger partial charge on any atom is -0.361 e. The lowest BCUT2D eigenvalue weighted by Crippen LogP contribution is -2.30. The third-order valence-electron chi connectivity index (χ3n) is 5.61. The molecule has 7 nitrogen and oxygen atoms in total. The highest BCUT2D eigenvalue weighted by atomic mass is 32.1. The molecule has 2 N–H and O–H groups in total. The fourth-order valence-electron chi connectivity index (χ4n) is 4.04. The summed E-state index contributed by atoms with van der Waals surface area (Å²) >= 11 is 1.61. The van der Waals surface area contributed by atoms with E-state index in [0.29, 0.717) is 11.3 Å². The van der Waals surface area contributed by atoms with E-state index in [9.17, 15) is 9.59 Å². The quantitative estimate of drug-likeness (QED) is 0.393. The van der Waals surface area contributed by atoms with Crippen molar-refractivity contribution in [2.24, 2.45) is 11.0 Å². The van der Waals surface area contributed by atoms with Gasteiger partial charge in [-0.25, -0.2) is 10.4 Å². The van der Waals surface area contributed by atoms with Crippen LogP contribution in [0.3, 0.4) is 0 Å². The maximum absolute atomic E-state index is 13.0. The van der Waals surface area contributed by atoms with Gasteiger partial charge in [-0.15, -0.1) is 11.3 Å². The van der Waals surface area contributed by atoms with Crippen molar-refractivity contribution in [3.8, 4) is 0 Å². The first kappa shape index (κ1) is 18.7. The number of nitrogens with one attached hydrogen (secondary N) is 2. The van der Waals surface area contributed by atoms with Crippen molar-refractivity contribution in [1.82, 2.24) is 20.0 Å². The summed E-state index contributed by atoms with van der Waals surface area (Å²) in [6.45, 7) is 2.12. The molecule has 8 heteroatoms. The molecule has 152 valence electrons. The molecule has 0 fully saturated rings. The highest BCUT2D eigenvalue weighted by Crippen LogP contribution is 2.35. The molecule has 0 unspecified atom stereocenters. The molecule has 0 saturated carbocycles. The molecule has 0 aliphatic heterocycles. The lowest BCUT2D eigenvalue weighted by atomic mass is 9.89. The van der Waals surface area contributed by atoms with Crippen LogP contribution in [0.1, 0.15) is 29.3 Å². The van der Waals surface area contributed by atoms with Gasteiger partial charge in [-0.3, -0.25) is 14.2 Å². The zero-order chi connectivity index (χ0) is 20.7. The molecule has 4 aromatic rings. The first-order valence-electron chi connectivity index (χ1n) is 9.98. The Hall–Kier alpha value is -3.26. The number of H-pyrrole nitrogens is 1. The minimum absolute atomic E-state index is 0.117. The van der Waals surface area contributed by atoms with E-state index >= 15 is 0 Å². The lowest BCUT2D eigenvalue weighted by molar-refractivity contribution is -0.121. The van der Waals surface area contributed by atoms with Crippen LogP contribution in [0.5, 0.6) is 0 Å². The van der Waals surface area contributed by atoms with Crippen molar-refractivity contribution in [2.75, 3.05) is 0 Å². The van der Waals surface area contributed by atoms with Gasteiger partial charge in [0.15, 0.2) is 0 Å². The Morgan fingerprint density at radius 1 is 1.43 bits per heavy atom. The number of hydrogen-bond acceptors (Lipinski definition) is 5. The number of amides is 1. The second kappa shape index (κ2) is 7.53. The van der Waals surface area contributed by atoms with Crippen LogP contribution in [0.2, 0.25) is 0 Å². The smallest absolute Gasteiger partial charge is 0.262 e. The largest absolute Gasteiger partial charge is 0.361 e. The van der Waals surface area contributed by atoms with Gasteiger partial charge in [-0.1, -0.05) is 25.1 Å². The van der Waals surface area contributed by atoms with E-state index < -0.39 is 0 Å². The van der Waals surface area contributed by atoms with E-state index in [2.05, 4.69) is 27.4 Å². The molecular formula is C22H21N5O2S. The number of carbonyl (C=O) groups is 1. The number of para-hydroxylation sites is 1. The second-order valence-electron chi connectivity index (χ2n) is 7.79. The van der Waals surface area contributed by atoms with Gasteiger partial charge in [0.1, 0.15) is 11.4 Å². The summed E-state index contributed by atoms with van der Waals surface area (Å²) in [6, 6.07) is 7.86. The van der Waals surface area contributed by atoms with E-state index in [4.69, 9.17) is 0 Å². The number of hydrazone groups is 1. The van der Waals surface area contributed by atoms with Crippen molar-refractivity contribution in [1.29, 1.82) is 0 Å². The number of aromatic nitrogens is 3. The molecule has 0 bridgehead atoms. The first-order valence-corrected chi connectivity index (χ1v) is 10.8. The van der Waals surface area contributed by atoms with Gasteiger partial charge in [0.05, 0.1) is 17.9 Å². The fraction of sp³-hybridized carbons (Fsp3) is 0.273. The molecule has 5 rings (SSSR count). The number of hydrogen-bond donors (Lipinski definition) is 2. The van der Waals surface area contributed by atoms with Gasteiger partial charge in [-0.2, -0.15) is 5.10 Å². The molecule has 30 heavy (non-hydrogen) atoms. The molecule has 1 aromatic carbocycles. The standard InChI is InChI=1S/C22H21N5O2S/c1-13-6-7-16-18(8-13)30-21-20(16)22(29)27(12-24-21)11-19(28)26-25-10-14-9-23-17-5-3-2-4-15(14)17/h2-5,9-10,12-13,23H,6-8,11H2,1H3,(H,26,28)/b25-10+/t13-/m1/s1. The van der Waals surface area contributed by atoms with E-state index in [1.807, 2.05) is 30.5 Å². The van der Waals surface area contributed by atoms with Crippen LogP contribution in [0, 0.1) is 5.92 Å². The summed E-state index contributed by atoms with van der Waals surface area (Å²) in [5.41, 5.74) is 5.36. The number of carbonyl (C=O) groups excluding carboxylic acids is 1. The summed E-state index contributed by atoms with van der Waals surface area (Å²) in [4.78, 5) is 35.0. The topological polar surface area (TPSA) is 92.1 Å². The Labute approximate surface area is 176 Å². The fourth-order valence-corrected chi connectivity index (χ4v) is 5.38. The summed E-state index contributed by atoms with van der Waals surface area (Å²) in [5, 5.41) is 5.75. The third kappa shape index (κ3) is 3.33. The number of fused-ring (bicyclic) bond motifs is 4. The summed E-state index contributed by atoms with van der Waals surface area (Å²) in [6.07, 6.45) is 7.87. The van der Waals surface area contributed by atoms with Gasteiger partial charge in [0.2, 0.25) is 0 Å². The molecule has 1 aliphatic carbocycles. The number of aromatic amines is 1. The van der Waals surface area contributed by atoms with Crippen molar-refractivity contribution in [3.63, 3.8) is 0 Å². The summed E-state index contributed by atoms with van der Waals surface area (Å²) < 4.78 is 1.36. The normalized spacial score (nSPS) is 16.4. The van der Waals surface area contributed by atoms with Gasteiger partial charge in [0.25, 0.3) is 11.5 Å². The predicted octanol–water partition coefficient (Wildman–Crippen LogP) is 3.21. The molecule has 0 saturated heterocycles. The van der Waals surface area contributed by atoms with E-state index in [0.717, 1.165) is 46.1 Å². The number of benzene rings is 1. The Kier molecular flexibility index (Phi) is 4.71. The average molecular weight is 420 g/mol. The van der Waals surface area contributed by atoms with Gasteiger partial charge >= 0.3 is 0 Å². The zero-order valence-electron chi connectivity index (χ0n) is 16.5. The SMILES string of the molecule is C[C@@H]1CCc2c(sc3ncn(CC(=O)N/N=C/c4c[nH]c5ccccc45)c(=O)c23)C1. The minimum atomic E-state index is -0.368. The number of thiophene rings is 1. The molecule has 1 aliphatic rings. The van der Waals surface area contributed by atoms with Crippen molar-refractivity contribution < 1.29 is 4.79 Å². The van der Waals surface area contributed by atoms with Crippen molar-refractivity contribution in [3.05, 3.63) is 63.1 Å².